The molecule has 0 spiro atoms. The summed E-state index contributed by atoms with van der Waals surface area (Å²) in [5.74, 6) is -2.07. The molecule has 0 bridgehead atoms. The molecule has 3 nitrogen and oxygen atoms in total. The van der Waals surface area contributed by atoms with Gasteiger partial charge in [0.25, 0.3) is 5.88 Å². The molecule has 0 unspecified atom stereocenters. The predicted octanol–water partition coefficient (Wildman–Crippen LogP) is 4.39. The average Bonchev–Trinajstić information content (AvgIpc) is 2.35. The quantitative estimate of drug-likeness (QED) is 0.837. The number of alkyl halides is 3. The molecule has 0 saturated heterocycles. The highest BCUT2D eigenvalue weighted by Gasteiger charge is 2.32. The lowest BCUT2D eigenvalue weighted by molar-refractivity contribution is -0.138. The molecule has 20 heavy (non-hydrogen) atoms. The van der Waals surface area contributed by atoms with Gasteiger partial charge in [0.15, 0.2) is 5.82 Å². The van der Waals surface area contributed by atoms with Gasteiger partial charge in [0.2, 0.25) is 0 Å². The summed E-state index contributed by atoms with van der Waals surface area (Å²) < 4.78 is 55.4. The summed E-state index contributed by atoms with van der Waals surface area (Å²) >= 11 is 5.61. The second kappa shape index (κ2) is 5.16. The summed E-state index contributed by atoms with van der Waals surface area (Å²) in [6.07, 6.45) is -4.23. The van der Waals surface area contributed by atoms with Crippen LogP contribution in [0.3, 0.4) is 0 Å². The molecule has 0 fully saturated rings. The smallest absolute Gasteiger partial charge is 0.417 e. The Morgan fingerprint density at radius 2 is 1.90 bits per heavy atom. The van der Waals surface area contributed by atoms with E-state index in [4.69, 9.17) is 16.3 Å². The zero-order valence-electron chi connectivity index (χ0n) is 9.58. The van der Waals surface area contributed by atoms with Crippen molar-refractivity contribution in [3.8, 4) is 17.4 Å². The molecular weight excluding hydrogens is 302 g/mol. The van der Waals surface area contributed by atoms with Crippen LogP contribution < -0.4 is 4.74 Å². The molecule has 8 heteroatoms. The molecule has 0 atom stereocenters. The molecule has 2 aromatic rings. The van der Waals surface area contributed by atoms with Crippen LogP contribution in [0.15, 0.2) is 30.5 Å². The SMILES string of the molecule is Oc1ccc(Oc2ncc(C(F)(F)F)cc2F)cc1Cl. The number of pyridine rings is 1. The number of phenolic OH excluding ortho intramolecular Hbond substituents is 1. The summed E-state index contributed by atoms with van der Waals surface area (Å²) in [5, 5.41) is 9.14. The number of halogens is 5. The normalized spacial score (nSPS) is 11.4. The average molecular weight is 308 g/mol. The highest BCUT2D eigenvalue weighted by molar-refractivity contribution is 6.32. The van der Waals surface area contributed by atoms with E-state index in [0.29, 0.717) is 6.20 Å². The molecule has 0 aliphatic heterocycles. The van der Waals surface area contributed by atoms with Gasteiger partial charge >= 0.3 is 6.18 Å². The maximum absolute atomic E-state index is 13.5. The summed E-state index contributed by atoms with van der Waals surface area (Å²) in [7, 11) is 0. The lowest BCUT2D eigenvalue weighted by Crippen LogP contribution is -2.06. The standard InChI is InChI=1S/C12H6ClF4NO2/c13-8-4-7(1-2-10(8)19)20-11-9(14)3-6(5-18-11)12(15,16)17/h1-5,19H. The molecule has 1 aromatic carbocycles. The second-order valence-electron chi connectivity index (χ2n) is 3.72. The van der Waals surface area contributed by atoms with Crippen LogP contribution in [0.25, 0.3) is 0 Å². The van der Waals surface area contributed by atoms with Gasteiger partial charge in [-0.2, -0.15) is 13.2 Å². The fraction of sp³-hybridized carbons (Fsp3) is 0.0833. The van der Waals surface area contributed by atoms with E-state index in [2.05, 4.69) is 4.98 Å². The highest BCUT2D eigenvalue weighted by Crippen LogP contribution is 2.33. The fourth-order valence-corrected chi connectivity index (χ4v) is 1.49. The van der Waals surface area contributed by atoms with E-state index in [0.717, 1.165) is 0 Å². The minimum Gasteiger partial charge on any atom is -0.506 e. The van der Waals surface area contributed by atoms with Gasteiger partial charge in [-0.1, -0.05) is 11.6 Å². The molecular formula is C12H6ClF4NO2. The number of aromatic hydroxyl groups is 1. The van der Waals surface area contributed by atoms with Crippen molar-refractivity contribution in [1.29, 1.82) is 0 Å². The summed E-state index contributed by atoms with van der Waals surface area (Å²) in [6, 6.07) is 3.92. The van der Waals surface area contributed by atoms with Crippen molar-refractivity contribution in [1.82, 2.24) is 4.98 Å². The van der Waals surface area contributed by atoms with Gasteiger partial charge < -0.3 is 9.84 Å². The Morgan fingerprint density at radius 3 is 2.45 bits per heavy atom. The third-order valence-electron chi connectivity index (χ3n) is 2.27. The number of phenols is 1. The highest BCUT2D eigenvalue weighted by atomic mass is 35.5. The molecule has 1 N–H and O–H groups in total. The number of aromatic nitrogens is 1. The van der Waals surface area contributed by atoms with Crippen molar-refractivity contribution in [2.45, 2.75) is 6.18 Å². The molecule has 1 aromatic heterocycles. The van der Waals surface area contributed by atoms with Crippen molar-refractivity contribution < 1.29 is 27.4 Å². The van der Waals surface area contributed by atoms with E-state index in [1.165, 1.54) is 18.2 Å². The Morgan fingerprint density at radius 1 is 1.20 bits per heavy atom. The van der Waals surface area contributed by atoms with Crippen molar-refractivity contribution in [2.24, 2.45) is 0 Å². The molecule has 106 valence electrons. The van der Waals surface area contributed by atoms with Gasteiger partial charge in [-0.3, -0.25) is 0 Å². The van der Waals surface area contributed by atoms with Gasteiger partial charge in [0.05, 0.1) is 10.6 Å². The van der Waals surface area contributed by atoms with Gasteiger partial charge in [-0.05, 0) is 18.2 Å². The number of rotatable bonds is 2. The van der Waals surface area contributed by atoms with E-state index in [9.17, 15) is 22.7 Å². The van der Waals surface area contributed by atoms with Gasteiger partial charge in [-0.25, -0.2) is 9.37 Å². The first kappa shape index (κ1) is 14.4. The molecule has 1 heterocycles. The third-order valence-corrected chi connectivity index (χ3v) is 2.57. The van der Waals surface area contributed by atoms with Crippen molar-refractivity contribution in [2.75, 3.05) is 0 Å². The Bertz CT molecular complexity index is 646. The van der Waals surface area contributed by atoms with Gasteiger partial charge in [-0.15, -0.1) is 0 Å². The maximum atomic E-state index is 13.5. The van der Waals surface area contributed by atoms with Gasteiger partial charge in [0, 0.05) is 12.3 Å². The van der Waals surface area contributed by atoms with Crippen LogP contribution in [-0.2, 0) is 6.18 Å². The first-order valence-corrected chi connectivity index (χ1v) is 5.54. The summed E-state index contributed by atoms with van der Waals surface area (Å²) in [6.45, 7) is 0. The molecule has 0 amide bonds. The monoisotopic (exact) mass is 307 g/mol. The fourth-order valence-electron chi connectivity index (χ4n) is 1.32. The zero-order chi connectivity index (χ0) is 14.9. The lowest BCUT2D eigenvalue weighted by Gasteiger charge is -2.09. The lowest BCUT2D eigenvalue weighted by atomic mass is 10.2. The van der Waals surface area contributed by atoms with Crippen molar-refractivity contribution in [3.63, 3.8) is 0 Å². The summed E-state index contributed by atoms with van der Waals surface area (Å²) in [5.41, 5.74) is -1.22. The van der Waals surface area contributed by atoms with Crippen LogP contribution in [-0.4, -0.2) is 10.1 Å². The van der Waals surface area contributed by atoms with Crippen LogP contribution in [0.2, 0.25) is 5.02 Å². The molecule has 2 rings (SSSR count). The number of ether oxygens (including phenoxy) is 1. The Kier molecular flexibility index (Phi) is 3.71. The minimum absolute atomic E-state index is 0.0268. The van der Waals surface area contributed by atoms with E-state index in [1.54, 1.807) is 0 Å². The molecule has 0 radical (unpaired) electrons. The largest absolute Gasteiger partial charge is 0.506 e. The first-order valence-electron chi connectivity index (χ1n) is 5.16. The predicted molar refractivity (Wildman–Crippen MR) is 62.4 cm³/mol. The van der Waals surface area contributed by atoms with Crippen LogP contribution in [0.4, 0.5) is 17.6 Å². The minimum atomic E-state index is -4.69. The number of hydrogen-bond donors (Lipinski definition) is 1. The van der Waals surface area contributed by atoms with Crippen LogP contribution in [0.1, 0.15) is 5.56 Å². The van der Waals surface area contributed by atoms with E-state index in [-0.39, 0.29) is 22.6 Å². The molecule has 0 aliphatic carbocycles. The maximum Gasteiger partial charge on any atom is 0.417 e. The Hall–Kier alpha value is -2.02. The van der Waals surface area contributed by atoms with Gasteiger partial charge in [0.1, 0.15) is 11.5 Å². The van der Waals surface area contributed by atoms with Crippen LogP contribution in [0.5, 0.6) is 17.4 Å². The molecule has 0 saturated carbocycles. The third kappa shape index (κ3) is 3.11. The van der Waals surface area contributed by atoms with Crippen molar-refractivity contribution >= 4 is 11.6 Å². The first-order chi connectivity index (χ1) is 9.27. The van der Waals surface area contributed by atoms with Crippen LogP contribution in [0, 0.1) is 5.82 Å². The Labute approximate surface area is 115 Å². The second-order valence-corrected chi connectivity index (χ2v) is 4.13. The van der Waals surface area contributed by atoms with E-state index < -0.39 is 23.4 Å². The topological polar surface area (TPSA) is 42.4 Å². The number of hydrogen-bond acceptors (Lipinski definition) is 3. The Balaban J connectivity index is 2.28. The van der Waals surface area contributed by atoms with E-state index in [1.807, 2.05) is 0 Å². The number of nitrogens with zero attached hydrogens (tertiary/aromatic N) is 1. The van der Waals surface area contributed by atoms with Crippen molar-refractivity contribution in [3.05, 3.63) is 46.9 Å². The van der Waals surface area contributed by atoms with Crippen LogP contribution >= 0.6 is 11.6 Å². The molecule has 0 aliphatic rings. The number of benzene rings is 1. The summed E-state index contributed by atoms with van der Waals surface area (Å²) in [4.78, 5) is 3.27. The zero-order valence-corrected chi connectivity index (χ0v) is 10.3. The van der Waals surface area contributed by atoms with E-state index >= 15 is 0 Å².